The summed E-state index contributed by atoms with van der Waals surface area (Å²) < 4.78 is 4.95. The van der Waals surface area contributed by atoms with E-state index >= 15 is 0 Å². The number of aliphatic hydroxyl groups is 1. The van der Waals surface area contributed by atoms with Gasteiger partial charge in [0.1, 0.15) is 0 Å². The summed E-state index contributed by atoms with van der Waals surface area (Å²) in [7, 11) is 2.22. The van der Waals surface area contributed by atoms with E-state index in [0.29, 0.717) is 18.4 Å². The number of hydrogen-bond donors (Lipinski definition) is 1. The fourth-order valence-corrected chi connectivity index (χ4v) is 1.35. The van der Waals surface area contributed by atoms with E-state index in [2.05, 4.69) is 21.3 Å². The molecule has 78 valence electrons. The van der Waals surface area contributed by atoms with Gasteiger partial charge >= 0.3 is 0 Å². The van der Waals surface area contributed by atoms with Crippen LogP contribution in [-0.4, -0.2) is 17.8 Å². The molecule has 3 heteroatoms. The monoisotopic (exact) mass is 212 g/mol. The molecule has 0 bridgehead atoms. The largest absolute Gasteiger partial charge is 0.396 e. The van der Waals surface area contributed by atoms with Gasteiger partial charge in [-0.25, -0.2) is 0 Å². The van der Waals surface area contributed by atoms with Crippen LogP contribution in [0.3, 0.4) is 0 Å². The molecule has 0 aromatic rings. The smallest absolute Gasteiger partial charge is 0.0772 e. The van der Waals surface area contributed by atoms with Gasteiger partial charge in [-0.05, 0) is 37.3 Å². The first kappa shape index (κ1) is 11.7. The molecule has 1 aliphatic carbocycles. The molecule has 1 aliphatic rings. The number of hydrogen-bond acceptors (Lipinski definition) is 2. The molecule has 2 nitrogen and oxygen atoms in total. The highest BCUT2D eigenvalue weighted by Gasteiger charge is 2.34. The molecule has 0 heterocycles. The summed E-state index contributed by atoms with van der Waals surface area (Å²) in [4.78, 5) is 0. The predicted molar refractivity (Wildman–Crippen MR) is 60.5 cm³/mol. The molecule has 0 saturated heterocycles. The zero-order valence-corrected chi connectivity index (χ0v) is 9.60. The van der Waals surface area contributed by atoms with Crippen molar-refractivity contribution < 1.29 is 9.63 Å². The molecule has 0 radical (unpaired) electrons. The van der Waals surface area contributed by atoms with Crippen LogP contribution in [0.25, 0.3) is 0 Å². The molecule has 14 heavy (non-hydrogen) atoms. The van der Waals surface area contributed by atoms with E-state index in [-0.39, 0.29) is 6.10 Å². The maximum Gasteiger partial charge on any atom is 0.0772 e. The Morgan fingerprint density at radius 1 is 1.64 bits per heavy atom. The minimum absolute atomic E-state index is 0.0976. The van der Waals surface area contributed by atoms with Crippen LogP contribution in [0.15, 0.2) is 12.2 Å². The van der Waals surface area contributed by atoms with E-state index in [9.17, 15) is 0 Å². The Balaban J connectivity index is 2.12. The highest BCUT2D eigenvalue weighted by atomic mass is 31.0. The van der Waals surface area contributed by atoms with Crippen LogP contribution in [0.4, 0.5) is 0 Å². The van der Waals surface area contributed by atoms with Crippen molar-refractivity contribution in [1.29, 1.82) is 0 Å². The van der Waals surface area contributed by atoms with Gasteiger partial charge in [-0.3, -0.25) is 0 Å². The summed E-state index contributed by atoms with van der Waals surface area (Å²) >= 11 is 0. The Hall–Kier alpha value is -0.350. The van der Waals surface area contributed by atoms with Crippen molar-refractivity contribution in [1.82, 2.24) is 0 Å². The van der Waals surface area contributed by atoms with Crippen LogP contribution < -0.4 is 0 Å². The normalized spacial score (nSPS) is 27.1. The summed E-state index contributed by atoms with van der Waals surface area (Å²) in [5, 5.41) is 8.80. The second kappa shape index (κ2) is 6.19. The molecule has 2 unspecified atom stereocenters. The van der Waals surface area contributed by atoms with Gasteiger partial charge < -0.3 is 9.63 Å². The quantitative estimate of drug-likeness (QED) is 0.568. The third-order valence-electron chi connectivity index (χ3n) is 2.44. The first-order valence-electron chi connectivity index (χ1n) is 4.89. The van der Waals surface area contributed by atoms with Crippen molar-refractivity contribution in [2.45, 2.75) is 25.9 Å². The van der Waals surface area contributed by atoms with E-state index in [1.54, 1.807) is 0 Å². The fourth-order valence-electron chi connectivity index (χ4n) is 1.26. The second-order valence-electron chi connectivity index (χ2n) is 3.66. The second-order valence-corrected chi connectivity index (χ2v) is 3.94. The van der Waals surface area contributed by atoms with Gasteiger partial charge in [-0.2, -0.15) is 0 Å². The molecule has 1 saturated carbocycles. The summed E-state index contributed by atoms with van der Waals surface area (Å²) in [5.74, 6) is 7.20. The van der Waals surface area contributed by atoms with Crippen LogP contribution in [-0.2, 0) is 4.52 Å². The van der Waals surface area contributed by atoms with Gasteiger partial charge in [0.25, 0.3) is 0 Å². The summed E-state index contributed by atoms with van der Waals surface area (Å²) in [5.41, 5.74) is 0. The van der Waals surface area contributed by atoms with Crippen molar-refractivity contribution >= 4 is 9.47 Å². The van der Waals surface area contributed by atoms with Crippen LogP contribution in [0.2, 0.25) is 0 Å². The summed E-state index contributed by atoms with van der Waals surface area (Å²) in [6.45, 7) is 2.27. The predicted octanol–water partition coefficient (Wildman–Crippen LogP) is 1.76. The Morgan fingerprint density at radius 3 is 3.00 bits per heavy atom. The van der Waals surface area contributed by atoms with Gasteiger partial charge in [0.05, 0.1) is 6.10 Å². The number of rotatable bonds is 4. The first-order valence-corrected chi connectivity index (χ1v) is 5.36. The van der Waals surface area contributed by atoms with E-state index in [0.717, 1.165) is 12.8 Å². The van der Waals surface area contributed by atoms with Crippen molar-refractivity contribution in [3.8, 4) is 11.8 Å². The number of aliphatic hydroxyl groups excluding tert-OH is 1. The lowest BCUT2D eigenvalue weighted by Crippen LogP contribution is -1.93. The third kappa shape index (κ3) is 4.24. The topological polar surface area (TPSA) is 29.5 Å². The number of allylic oxidation sites excluding steroid dienone is 1. The van der Waals surface area contributed by atoms with Gasteiger partial charge in [0.2, 0.25) is 0 Å². The van der Waals surface area contributed by atoms with Crippen LogP contribution in [0.1, 0.15) is 19.8 Å². The fraction of sp³-hybridized carbons (Fsp3) is 0.636. The first-order chi connectivity index (χ1) is 6.77. The van der Waals surface area contributed by atoms with Gasteiger partial charge in [0, 0.05) is 22.5 Å². The van der Waals surface area contributed by atoms with Crippen LogP contribution in [0, 0.1) is 23.7 Å². The van der Waals surface area contributed by atoms with Gasteiger partial charge in [-0.1, -0.05) is 11.8 Å². The van der Waals surface area contributed by atoms with Crippen LogP contribution >= 0.6 is 9.47 Å². The van der Waals surface area contributed by atoms with Crippen molar-refractivity contribution in [2.24, 2.45) is 11.8 Å². The van der Waals surface area contributed by atoms with E-state index < -0.39 is 0 Å². The molecule has 1 N–H and O–H groups in total. The molecular weight excluding hydrogens is 195 g/mol. The summed E-state index contributed by atoms with van der Waals surface area (Å²) in [6.07, 6.45) is 5.88. The lowest BCUT2D eigenvalue weighted by Gasteiger charge is -1.98. The van der Waals surface area contributed by atoms with E-state index in [1.165, 1.54) is 0 Å². The van der Waals surface area contributed by atoms with Crippen LogP contribution in [0.5, 0.6) is 0 Å². The molecule has 4 atom stereocenters. The minimum atomic E-state index is 0.0976. The highest BCUT2D eigenvalue weighted by molar-refractivity contribution is 7.09. The maximum absolute atomic E-state index is 8.80. The summed E-state index contributed by atoms with van der Waals surface area (Å²) in [6, 6.07) is 0. The average molecular weight is 212 g/mol. The molecule has 0 aliphatic heterocycles. The third-order valence-corrected chi connectivity index (χ3v) is 2.86. The maximum atomic E-state index is 8.80. The zero-order chi connectivity index (χ0) is 10.4. The molecule has 0 amide bonds. The lowest BCUT2D eigenvalue weighted by molar-refractivity contribution is 0.269. The van der Waals surface area contributed by atoms with Gasteiger partial charge in [0.15, 0.2) is 0 Å². The SMILES string of the molecule is CC(/C=C/C#CC[C@H]1C[C@H]1CO)OP. The standard InChI is InChI=1S/C11H17O2P/c1-9(13-14)5-3-2-4-6-10-7-11(10)8-12/h3,5,9-12H,6-8,14H2,1H3/b5-3+/t9?,10-,11-/m0/s1. The van der Waals surface area contributed by atoms with E-state index in [1.807, 2.05) is 19.1 Å². The van der Waals surface area contributed by atoms with Crippen molar-refractivity contribution in [3.05, 3.63) is 12.2 Å². The molecule has 1 rings (SSSR count). The Kier molecular flexibility index (Phi) is 5.19. The molecule has 0 aromatic heterocycles. The highest BCUT2D eigenvalue weighted by Crippen LogP contribution is 2.40. The molecule has 0 spiro atoms. The minimum Gasteiger partial charge on any atom is -0.396 e. The molecule has 1 fully saturated rings. The Bertz CT molecular complexity index is 252. The van der Waals surface area contributed by atoms with Gasteiger partial charge in [-0.15, -0.1) is 0 Å². The Labute approximate surface area is 88.0 Å². The molecule has 0 aromatic carbocycles. The molecular formula is C11H17O2P. The average Bonchev–Trinajstić information content (AvgIpc) is 2.95. The van der Waals surface area contributed by atoms with Crippen molar-refractivity contribution in [2.75, 3.05) is 6.61 Å². The Morgan fingerprint density at radius 2 is 2.43 bits per heavy atom. The van der Waals surface area contributed by atoms with Crippen molar-refractivity contribution in [3.63, 3.8) is 0 Å². The lowest BCUT2D eigenvalue weighted by atomic mass is 10.2. The van der Waals surface area contributed by atoms with E-state index in [4.69, 9.17) is 9.63 Å². The zero-order valence-electron chi connectivity index (χ0n) is 8.44.